The van der Waals surface area contributed by atoms with E-state index in [4.69, 9.17) is 5.73 Å². The zero-order chi connectivity index (χ0) is 12.0. The number of nitrogens with zero attached hydrogens (tertiary/aromatic N) is 1. The molecule has 0 spiro atoms. The lowest BCUT2D eigenvalue weighted by atomic mass is 9.87. The minimum Gasteiger partial charge on any atom is -0.327 e. The summed E-state index contributed by atoms with van der Waals surface area (Å²) in [5, 5.41) is 0.708. The van der Waals surface area contributed by atoms with Crippen molar-refractivity contribution in [1.82, 2.24) is 4.90 Å². The average molecular weight is 244 g/mol. The van der Waals surface area contributed by atoms with E-state index in [9.17, 15) is 0 Å². The van der Waals surface area contributed by atoms with Gasteiger partial charge in [-0.05, 0) is 38.3 Å². The van der Waals surface area contributed by atoms with Crippen LogP contribution in [0.4, 0.5) is 0 Å². The first kappa shape index (κ1) is 14.3. The van der Waals surface area contributed by atoms with Crippen molar-refractivity contribution in [2.75, 3.05) is 25.4 Å². The molecule has 1 aliphatic carbocycles. The van der Waals surface area contributed by atoms with Crippen LogP contribution in [-0.2, 0) is 0 Å². The SMILES string of the molecule is CCN(CC)CCSC1CC(C)CCC1N. The molecule has 1 aliphatic rings. The van der Waals surface area contributed by atoms with Crippen LogP contribution in [0.1, 0.15) is 40.0 Å². The van der Waals surface area contributed by atoms with Gasteiger partial charge in [0.1, 0.15) is 0 Å². The summed E-state index contributed by atoms with van der Waals surface area (Å²) >= 11 is 2.10. The molecular weight excluding hydrogens is 216 g/mol. The summed E-state index contributed by atoms with van der Waals surface area (Å²) in [6.07, 6.45) is 3.88. The first-order valence-electron chi connectivity index (χ1n) is 6.76. The van der Waals surface area contributed by atoms with Crippen molar-refractivity contribution in [3.8, 4) is 0 Å². The van der Waals surface area contributed by atoms with Crippen LogP contribution in [0.25, 0.3) is 0 Å². The quantitative estimate of drug-likeness (QED) is 0.779. The fourth-order valence-corrected chi connectivity index (χ4v) is 3.93. The van der Waals surface area contributed by atoms with Gasteiger partial charge in [-0.2, -0.15) is 11.8 Å². The summed E-state index contributed by atoms with van der Waals surface area (Å²) in [5.74, 6) is 2.12. The van der Waals surface area contributed by atoms with E-state index in [1.165, 1.54) is 44.6 Å². The van der Waals surface area contributed by atoms with Crippen LogP contribution < -0.4 is 5.73 Å². The van der Waals surface area contributed by atoms with Gasteiger partial charge in [-0.3, -0.25) is 0 Å². The molecule has 2 N–H and O–H groups in total. The average Bonchev–Trinajstić information content (AvgIpc) is 2.29. The maximum atomic E-state index is 6.19. The van der Waals surface area contributed by atoms with Crippen molar-refractivity contribution in [3.63, 3.8) is 0 Å². The Kier molecular flexibility index (Phi) is 6.78. The number of hydrogen-bond acceptors (Lipinski definition) is 3. The molecule has 3 atom stereocenters. The molecule has 1 fully saturated rings. The van der Waals surface area contributed by atoms with E-state index in [2.05, 4.69) is 37.4 Å². The van der Waals surface area contributed by atoms with Gasteiger partial charge in [0.2, 0.25) is 0 Å². The van der Waals surface area contributed by atoms with E-state index in [0.717, 1.165) is 5.92 Å². The summed E-state index contributed by atoms with van der Waals surface area (Å²) in [4.78, 5) is 2.49. The summed E-state index contributed by atoms with van der Waals surface area (Å²) < 4.78 is 0. The predicted octanol–water partition coefficient (Wildman–Crippen LogP) is 2.58. The van der Waals surface area contributed by atoms with Gasteiger partial charge in [-0.1, -0.05) is 20.8 Å². The Morgan fingerprint density at radius 1 is 1.25 bits per heavy atom. The Hall–Kier alpha value is 0.270. The third-order valence-electron chi connectivity index (χ3n) is 3.74. The normalized spacial score (nSPS) is 30.9. The lowest BCUT2D eigenvalue weighted by Crippen LogP contribution is -2.38. The van der Waals surface area contributed by atoms with E-state index in [1.54, 1.807) is 0 Å². The number of rotatable bonds is 6. The molecule has 3 unspecified atom stereocenters. The topological polar surface area (TPSA) is 29.3 Å². The van der Waals surface area contributed by atoms with Gasteiger partial charge in [0.25, 0.3) is 0 Å². The van der Waals surface area contributed by atoms with Crippen LogP contribution in [0.3, 0.4) is 0 Å². The van der Waals surface area contributed by atoms with Crippen LogP contribution in [0, 0.1) is 5.92 Å². The van der Waals surface area contributed by atoms with Crippen molar-refractivity contribution in [3.05, 3.63) is 0 Å². The van der Waals surface area contributed by atoms with Gasteiger partial charge in [-0.15, -0.1) is 0 Å². The van der Waals surface area contributed by atoms with Crippen molar-refractivity contribution in [2.45, 2.75) is 51.3 Å². The number of thioether (sulfide) groups is 1. The molecule has 2 nitrogen and oxygen atoms in total. The lowest BCUT2D eigenvalue weighted by Gasteiger charge is -2.32. The zero-order valence-electron chi connectivity index (χ0n) is 11.1. The highest BCUT2D eigenvalue weighted by atomic mass is 32.2. The van der Waals surface area contributed by atoms with Gasteiger partial charge >= 0.3 is 0 Å². The molecule has 0 heterocycles. The molecule has 0 aromatic heterocycles. The van der Waals surface area contributed by atoms with Gasteiger partial charge in [-0.25, -0.2) is 0 Å². The van der Waals surface area contributed by atoms with E-state index < -0.39 is 0 Å². The molecule has 0 amide bonds. The Balaban J connectivity index is 2.20. The first-order chi connectivity index (χ1) is 7.67. The van der Waals surface area contributed by atoms with Gasteiger partial charge in [0.15, 0.2) is 0 Å². The van der Waals surface area contributed by atoms with Crippen LogP contribution in [0.5, 0.6) is 0 Å². The van der Waals surface area contributed by atoms with Crippen LogP contribution in [0.2, 0.25) is 0 Å². The van der Waals surface area contributed by atoms with Crippen LogP contribution in [-0.4, -0.2) is 41.6 Å². The highest BCUT2D eigenvalue weighted by Crippen LogP contribution is 2.31. The molecular formula is C13H28N2S. The van der Waals surface area contributed by atoms with E-state index in [-0.39, 0.29) is 0 Å². The Morgan fingerprint density at radius 2 is 1.94 bits per heavy atom. The van der Waals surface area contributed by atoms with E-state index in [0.29, 0.717) is 11.3 Å². The van der Waals surface area contributed by atoms with Gasteiger partial charge in [0.05, 0.1) is 0 Å². The molecule has 3 heteroatoms. The molecule has 1 rings (SSSR count). The fourth-order valence-electron chi connectivity index (χ4n) is 2.42. The van der Waals surface area contributed by atoms with E-state index >= 15 is 0 Å². The molecule has 0 aromatic carbocycles. The molecule has 0 radical (unpaired) electrons. The molecule has 0 saturated heterocycles. The highest BCUT2D eigenvalue weighted by molar-refractivity contribution is 8.00. The second-order valence-corrected chi connectivity index (χ2v) is 6.37. The summed E-state index contributed by atoms with van der Waals surface area (Å²) in [6.45, 7) is 10.4. The molecule has 96 valence electrons. The zero-order valence-corrected chi connectivity index (χ0v) is 11.9. The Bertz CT molecular complexity index is 183. The second kappa shape index (κ2) is 7.57. The van der Waals surface area contributed by atoms with Crippen LogP contribution in [0.15, 0.2) is 0 Å². The smallest absolute Gasteiger partial charge is 0.0202 e. The third kappa shape index (κ3) is 4.64. The van der Waals surface area contributed by atoms with Crippen molar-refractivity contribution in [2.24, 2.45) is 11.7 Å². The monoisotopic (exact) mass is 244 g/mol. The fraction of sp³-hybridized carbons (Fsp3) is 1.00. The maximum Gasteiger partial charge on any atom is 0.0202 e. The Labute approximate surface area is 105 Å². The first-order valence-corrected chi connectivity index (χ1v) is 7.81. The minimum absolute atomic E-state index is 0.443. The third-order valence-corrected chi connectivity index (χ3v) is 5.13. The summed E-state index contributed by atoms with van der Waals surface area (Å²) in [7, 11) is 0. The van der Waals surface area contributed by atoms with Crippen molar-refractivity contribution in [1.29, 1.82) is 0 Å². The molecule has 0 aliphatic heterocycles. The highest BCUT2D eigenvalue weighted by Gasteiger charge is 2.25. The summed E-state index contributed by atoms with van der Waals surface area (Å²) in [5.41, 5.74) is 6.19. The van der Waals surface area contributed by atoms with E-state index in [1.807, 2.05) is 0 Å². The Morgan fingerprint density at radius 3 is 2.56 bits per heavy atom. The van der Waals surface area contributed by atoms with Crippen molar-refractivity contribution >= 4 is 11.8 Å². The second-order valence-electron chi connectivity index (χ2n) is 5.02. The number of nitrogens with two attached hydrogens (primary N) is 1. The minimum atomic E-state index is 0.443. The predicted molar refractivity (Wildman–Crippen MR) is 75.0 cm³/mol. The van der Waals surface area contributed by atoms with Crippen molar-refractivity contribution < 1.29 is 0 Å². The lowest BCUT2D eigenvalue weighted by molar-refractivity contribution is 0.322. The molecule has 16 heavy (non-hydrogen) atoms. The molecule has 1 saturated carbocycles. The standard InChI is InChI=1S/C13H28N2S/c1-4-15(5-2)8-9-16-13-10-11(3)6-7-12(13)14/h11-13H,4-10,14H2,1-3H3. The maximum absolute atomic E-state index is 6.19. The van der Waals surface area contributed by atoms with Crippen LogP contribution >= 0.6 is 11.8 Å². The van der Waals surface area contributed by atoms with Gasteiger partial charge < -0.3 is 10.6 Å². The van der Waals surface area contributed by atoms with Gasteiger partial charge in [0, 0.05) is 23.6 Å². The molecule has 0 aromatic rings. The number of hydrogen-bond donors (Lipinski definition) is 1. The summed E-state index contributed by atoms with van der Waals surface area (Å²) in [6, 6.07) is 0.443. The molecule has 0 bridgehead atoms. The largest absolute Gasteiger partial charge is 0.327 e.